The molecule has 88 valence electrons. The van der Waals surface area contributed by atoms with Crippen molar-refractivity contribution in [3.8, 4) is 0 Å². The Morgan fingerprint density at radius 1 is 1.69 bits per heavy atom. The lowest BCUT2D eigenvalue weighted by atomic mass is 10.3. The van der Waals surface area contributed by atoms with Crippen molar-refractivity contribution in [3.63, 3.8) is 0 Å². The Hall–Kier alpha value is -0.550. The van der Waals surface area contributed by atoms with Gasteiger partial charge in [0.15, 0.2) is 0 Å². The first-order valence-corrected chi connectivity index (χ1v) is 6.56. The van der Waals surface area contributed by atoms with E-state index in [1.54, 1.807) is 18.0 Å². The lowest BCUT2D eigenvalue weighted by Gasteiger charge is -2.11. The minimum absolute atomic E-state index is 0.151. The van der Waals surface area contributed by atoms with Gasteiger partial charge in [-0.25, -0.2) is 4.98 Å². The third-order valence-electron chi connectivity index (χ3n) is 2.04. The van der Waals surface area contributed by atoms with Gasteiger partial charge in [-0.15, -0.1) is 11.8 Å². The highest BCUT2D eigenvalue weighted by Crippen LogP contribution is 2.31. The predicted molar refractivity (Wildman–Crippen MR) is 68.6 cm³/mol. The molecule has 5 heteroatoms. The molecule has 16 heavy (non-hydrogen) atoms. The summed E-state index contributed by atoms with van der Waals surface area (Å²) in [7, 11) is 1.40. The lowest BCUT2D eigenvalue weighted by molar-refractivity contribution is -0.140. The highest BCUT2D eigenvalue weighted by Gasteiger charge is 2.13. The van der Waals surface area contributed by atoms with Gasteiger partial charge in [-0.05, 0) is 34.5 Å². The fourth-order valence-corrected chi connectivity index (χ4v) is 2.65. The third-order valence-corrected chi connectivity index (χ3v) is 4.41. The van der Waals surface area contributed by atoms with Crippen LogP contribution in [0.25, 0.3) is 0 Å². The number of aryl methyl sites for hydroxylation is 1. The van der Waals surface area contributed by atoms with Crippen LogP contribution in [-0.2, 0) is 9.53 Å². The monoisotopic (exact) mass is 303 g/mol. The van der Waals surface area contributed by atoms with Gasteiger partial charge >= 0.3 is 5.97 Å². The number of carbonyl (C=O) groups excluding carboxylic acids is 1. The topological polar surface area (TPSA) is 39.2 Å². The molecule has 0 aromatic carbocycles. The number of aromatic nitrogens is 1. The van der Waals surface area contributed by atoms with E-state index in [9.17, 15) is 4.79 Å². The van der Waals surface area contributed by atoms with E-state index in [-0.39, 0.29) is 11.2 Å². The minimum Gasteiger partial charge on any atom is -0.469 e. The van der Waals surface area contributed by atoms with Crippen LogP contribution in [0.5, 0.6) is 0 Å². The van der Waals surface area contributed by atoms with E-state index in [0.717, 1.165) is 15.1 Å². The number of thioether (sulfide) groups is 1. The van der Waals surface area contributed by atoms with Crippen LogP contribution in [0.15, 0.2) is 21.8 Å². The lowest BCUT2D eigenvalue weighted by Crippen LogP contribution is -2.08. The van der Waals surface area contributed by atoms with Gasteiger partial charge in [-0.3, -0.25) is 4.79 Å². The number of esters is 1. The van der Waals surface area contributed by atoms with Crippen LogP contribution in [0.2, 0.25) is 0 Å². The second-order valence-corrected chi connectivity index (χ2v) is 5.68. The molecule has 0 saturated heterocycles. The molecular weight excluding hydrogens is 290 g/mol. The first-order chi connectivity index (χ1) is 7.54. The van der Waals surface area contributed by atoms with Crippen LogP contribution in [0.1, 0.15) is 18.9 Å². The van der Waals surface area contributed by atoms with Crippen molar-refractivity contribution in [1.29, 1.82) is 0 Å². The molecule has 0 aliphatic rings. The molecule has 0 N–H and O–H groups in total. The van der Waals surface area contributed by atoms with Crippen molar-refractivity contribution in [2.75, 3.05) is 7.11 Å². The van der Waals surface area contributed by atoms with Crippen LogP contribution in [0, 0.1) is 6.92 Å². The quantitative estimate of drug-likeness (QED) is 0.632. The van der Waals surface area contributed by atoms with Crippen molar-refractivity contribution in [3.05, 3.63) is 22.3 Å². The fourth-order valence-electron chi connectivity index (χ4n) is 1.15. The average Bonchev–Trinajstić information content (AvgIpc) is 2.24. The van der Waals surface area contributed by atoms with E-state index in [2.05, 4.69) is 25.7 Å². The predicted octanol–water partition coefficient (Wildman–Crippen LogP) is 3.20. The van der Waals surface area contributed by atoms with E-state index in [4.69, 9.17) is 0 Å². The first-order valence-electron chi connectivity index (χ1n) is 4.89. The number of hydrogen-bond donors (Lipinski definition) is 0. The summed E-state index contributed by atoms with van der Waals surface area (Å²) < 4.78 is 5.63. The number of carbonyl (C=O) groups is 1. The Bertz CT molecular complexity index is 384. The summed E-state index contributed by atoms with van der Waals surface area (Å²) in [6.07, 6.45) is 2.16. The number of nitrogens with zero attached hydrogens (tertiary/aromatic N) is 1. The maximum Gasteiger partial charge on any atom is 0.306 e. The van der Waals surface area contributed by atoms with Crippen LogP contribution in [-0.4, -0.2) is 23.3 Å². The summed E-state index contributed by atoms with van der Waals surface area (Å²) in [4.78, 5) is 15.4. The molecule has 0 aliphatic heterocycles. The van der Waals surface area contributed by atoms with Gasteiger partial charge < -0.3 is 4.74 Å². The zero-order valence-electron chi connectivity index (χ0n) is 9.49. The number of methoxy groups -OCH3 is 1. The SMILES string of the molecule is COC(=O)CC(C)Sc1nccc(C)c1Br. The van der Waals surface area contributed by atoms with E-state index in [0.29, 0.717) is 6.42 Å². The largest absolute Gasteiger partial charge is 0.469 e. The van der Waals surface area contributed by atoms with E-state index in [1.807, 2.05) is 19.9 Å². The third kappa shape index (κ3) is 3.79. The van der Waals surface area contributed by atoms with Gasteiger partial charge in [0.25, 0.3) is 0 Å². The molecule has 0 aliphatic carbocycles. The smallest absolute Gasteiger partial charge is 0.306 e. The second kappa shape index (κ2) is 6.25. The summed E-state index contributed by atoms with van der Waals surface area (Å²) in [5.74, 6) is -0.191. The van der Waals surface area contributed by atoms with Crippen molar-refractivity contribution in [1.82, 2.24) is 4.98 Å². The summed E-state index contributed by atoms with van der Waals surface area (Å²) in [5, 5.41) is 1.06. The standard InChI is InChI=1S/C11H14BrNO2S/c1-7-4-5-13-11(10(7)12)16-8(2)6-9(14)15-3/h4-5,8H,6H2,1-3H3. The summed E-state index contributed by atoms with van der Waals surface area (Å²) in [6, 6.07) is 1.94. The highest BCUT2D eigenvalue weighted by atomic mass is 79.9. The molecule has 0 fully saturated rings. The van der Waals surface area contributed by atoms with E-state index < -0.39 is 0 Å². The normalized spacial score (nSPS) is 12.2. The minimum atomic E-state index is -0.191. The summed E-state index contributed by atoms with van der Waals surface area (Å²) in [5.41, 5.74) is 1.14. The zero-order valence-corrected chi connectivity index (χ0v) is 11.9. The Labute approximate surface area is 108 Å². The van der Waals surface area contributed by atoms with Gasteiger partial charge in [0, 0.05) is 11.4 Å². The van der Waals surface area contributed by atoms with Crippen molar-refractivity contribution in [2.45, 2.75) is 30.5 Å². The van der Waals surface area contributed by atoms with Gasteiger partial charge in [0.1, 0.15) is 5.03 Å². The van der Waals surface area contributed by atoms with Gasteiger partial charge in [-0.2, -0.15) is 0 Å². The first kappa shape index (κ1) is 13.5. The van der Waals surface area contributed by atoms with Gasteiger partial charge in [0.05, 0.1) is 18.0 Å². The van der Waals surface area contributed by atoms with Crippen LogP contribution < -0.4 is 0 Å². The molecule has 1 rings (SSSR count). The number of ether oxygens (including phenoxy) is 1. The Morgan fingerprint density at radius 2 is 2.38 bits per heavy atom. The van der Waals surface area contributed by atoms with Gasteiger partial charge in [-0.1, -0.05) is 6.92 Å². The number of halogens is 1. The molecule has 0 bridgehead atoms. The van der Waals surface area contributed by atoms with Crippen molar-refractivity contribution < 1.29 is 9.53 Å². The number of hydrogen-bond acceptors (Lipinski definition) is 4. The molecule has 1 aromatic heterocycles. The maximum absolute atomic E-state index is 11.1. The Kier molecular flexibility index (Phi) is 5.28. The number of rotatable bonds is 4. The van der Waals surface area contributed by atoms with E-state index >= 15 is 0 Å². The molecule has 0 spiro atoms. The molecule has 3 nitrogen and oxygen atoms in total. The van der Waals surface area contributed by atoms with Crippen LogP contribution >= 0.6 is 27.7 Å². The van der Waals surface area contributed by atoms with Crippen LogP contribution in [0.3, 0.4) is 0 Å². The summed E-state index contributed by atoms with van der Waals surface area (Å²) >= 11 is 5.06. The fraction of sp³-hybridized carbons (Fsp3) is 0.455. The molecule has 1 aromatic rings. The molecule has 1 atom stereocenters. The molecule has 0 radical (unpaired) electrons. The molecular formula is C11H14BrNO2S. The second-order valence-electron chi connectivity index (χ2n) is 3.46. The molecule has 1 heterocycles. The molecule has 0 amide bonds. The average molecular weight is 304 g/mol. The maximum atomic E-state index is 11.1. The Balaban J connectivity index is 2.66. The number of pyridine rings is 1. The Morgan fingerprint density at radius 3 is 3.00 bits per heavy atom. The molecule has 0 saturated carbocycles. The summed E-state index contributed by atoms with van der Waals surface area (Å²) in [6.45, 7) is 4.00. The van der Waals surface area contributed by atoms with Crippen LogP contribution in [0.4, 0.5) is 0 Å². The highest BCUT2D eigenvalue weighted by molar-refractivity contribution is 9.10. The van der Waals surface area contributed by atoms with E-state index in [1.165, 1.54) is 7.11 Å². The van der Waals surface area contributed by atoms with Crippen molar-refractivity contribution >= 4 is 33.7 Å². The van der Waals surface area contributed by atoms with Gasteiger partial charge in [0.2, 0.25) is 0 Å². The molecule has 1 unspecified atom stereocenters. The zero-order chi connectivity index (χ0) is 12.1. The van der Waals surface area contributed by atoms with Crippen molar-refractivity contribution in [2.24, 2.45) is 0 Å².